The molecule has 0 bridgehead atoms. The predicted octanol–water partition coefficient (Wildman–Crippen LogP) is 2.20. The highest BCUT2D eigenvalue weighted by atomic mass is 14.9. The molecule has 0 saturated carbocycles. The summed E-state index contributed by atoms with van der Waals surface area (Å²) in [6, 6.07) is 0. The minimum atomic E-state index is 0.927. The van der Waals surface area contributed by atoms with Crippen LogP contribution in [0, 0.1) is 0 Å². The maximum absolute atomic E-state index is 3.86. The summed E-state index contributed by atoms with van der Waals surface area (Å²) in [5.41, 5.74) is 2.39. The topological polar surface area (TPSA) is 3.01 Å². The molecule has 0 saturated heterocycles. The van der Waals surface area contributed by atoms with E-state index in [0.717, 1.165) is 12.1 Å². The highest BCUT2D eigenvalue weighted by Crippen LogP contribution is 2.06. The van der Waals surface area contributed by atoms with Crippen molar-refractivity contribution in [3.05, 3.63) is 23.9 Å². The van der Waals surface area contributed by atoms with Gasteiger partial charge < -0.3 is 0 Å². The van der Waals surface area contributed by atoms with Gasteiger partial charge in [0, 0.05) is 0 Å². The third-order valence-corrected chi connectivity index (χ3v) is 1.52. The summed E-state index contributed by atoms with van der Waals surface area (Å²) in [7, 11) is 1.91. The van der Waals surface area contributed by atoms with Crippen LogP contribution in [0.25, 0.3) is 0 Å². The van der Waals surface area contributed by atoms with Crippen LogP contribution in [0.1, 0.15) is 20.3 Å². The molecule has 0 heterocycles. The number of hydrogen-bond donors (Lipinski definition) is 0. The van der Waals surface area contributed by atoms with E-state index < -0.39 is 0 Å². The van der Waals surface area contributed by atoms with Gasteiger partial charge in [0.15, 0.2) is 5.70 Å². The molecule has 1 nitrogen and oxygen atoms in total. The molecule has 56 valence electrons. The van der Waals surface area contributed by atoms with E-state index in [1.54, 1.807) is 4.58 Å². The van der Waals surface area contributed by atoms with Crippen LogP contribution in [0.2, 0.25) is 0 Å². The minimum Gasteiger partial charge on any atom is -0.212 e. The van der Waals surface area contributed by atoms with Gasteiger partial charge in [-0.2, -0.15) is 0 Å². The van der Waals surface area contributed by atoms with Gasteiger partial charge in [0.05, 0.1) is 6.42 Å². The number of nitrogens with zero attached hydrogens (tertiary/aromatic N) is 1. The van der Waals surface area contributed by atoms with E-state index in [9.17, 15) is 0 Å². The quantitative estimate of drug-likeness (QED) is 0.319. The Morgan fingerprint density at radius 2 is 2.10 bits per heavy atom. The second-order valence-corrected chi connectivity index (χ2v) is 2.58. The van der Waals surface area contributed by atoms with Gasteiger partial charge in [-0.1, -0.05) is 11.6 Å². The van der Waals surface area contributed by atoms with E-state index in [2.05, 4.69) is 26.3 Å². The largest absolute Gasteiger partial charge is 0.212 e. The van der Waals surface area contributed by atoms with Crippen molar-refractivity contribution in [1.82, 2.24) is 0 Å². The molecule has 0 aliphatic rings. The highest BCUT2D eigenvalue weighted by Gasteiger charge is 2.00. The first-order chi connectivity index (χ1) is 4.57. The van der Waals surface area contributed by atoms with Crippen LogP contribution in [-0.2, 0) is 0 Å². The molecular formula is C9H16N+. The normalized spacial score (nSPS) is 11.3. The SMILES string of the molecule is C=C(C/C(C)=C\C)[N+](=C)C. The van der Waals surface area contributed by atoms with E-state index in [1.165, 1.54) is 5.57 Å². The van der Waals surface area contributed by atoms with Crippen molar-refractivity contribution < 1.29 is 4.58 Å². The molecule has 0 aromatic rings. The molecule has 0 fully saturated rings. The summed E-state index contributed by atoms with van der Waals surface area (Å²) < 4.78 is 1.80. The molecule has 1 heteroatoms. The van der Waals surface area contributed by atoms with Gasteiger partial charge in [0.1, 0.15) is 13.8 Å². The summed E-state index contributed by atoms with van der Waals surface area (Å²) in [5, 5.41) is 0. The Labute approximate surface area is 63.4 Å². The summed E-state index contributed by atoms with van der Waals surface area (Å²) in [6.45, 7) is 11.7. The molecule has 0 N–H and O–H groups in total. The Morgan fingerprint density at radius 1 is 1.60 bits per heavy atom. The molecule has 0 aliphatic heterocycles. The van der Waals surface area contributed by atoms with Crippen molar-refractivity contribution >= 4 is 6.72 Å². The molecular weight excluding hydrogens is 122 g/mol. The average molecular weight is 138 g/mol. The molecule has 0 rings (SSSR count). The number of hydrogen-bond acceptors (Lipinski definition) is 0. The van der Waals surface area contributed by atoms with Crippen LogP contribution in [0.4, 0.5) is 0 Å². The molecule has 0 radical (unpaired) electrons. The third kappa shape index (κ3) is 3.23. The molecule has 0 spiro atoms. The molecule has 10 heavy (non-hydrogen) atoms. The fourth-order valence-corrected chi connectivity index (χ4v) is 0.559. The monoisotopic (exact) mass is 138 g/mol. The van der Waals surface area contributed by atoms with Crippen LogP contribution in [0.15, 0.2) is 23.9 Å². The van der Waals surface area contributed by atoms with E-state index in [1.807, 2.05) is 14.0 Å². The second kappa shape index (κ2) is 4.04. The maximum Gasteiger partial charge on any atom is 0.177 e. The minimum absolute atomic E-state index is 0.927. The van der Waals surface area contributed by atoms with Gasteiger partial charge >= 0.3 is 0 Å². The van der Waals surface area contributed by atoms with Crippen molar-refractivity contribution in [2.75, 3.05) is 7.05 Å². The zero-order valence-corrected chi connectivity index (χ0v) is 7.15. The second-order valence-electron chi connectivity index (χ2n) is 2.58. The molecule has 0 amide bonds. The van der Waals surface area contributed by atoms with E-state index in [4.69, 9.17) is 0 Å². The zero-order valence-electron chi connectivity index (χ0n) is 7.15. The first-order valence-corrected chi connectivity index (χ1v) is 3.41. The van der Waals surface area contributed by atoms with Gasteiger partial charge in [-0.25, -0.2) is 4.58 Å². The fourth-order valence-electron chi connectivity index (χ4n) is 0.559. The molecule has 0 atom stereocenters. The van der Waals surface area contributed by atoms with Crippen molar-refractivity contribution in [2.45, 2.75) is 20.3 Å². The van der Waals surface area contributed by atoms with E-state index in [0.29, 0.717) is 0 Å². The Bertz CT molecular complexity index is 175. The third-order valence-electron chi connectivity index (χ3n) is 1.52. The molecule has 0 aliphatic carbocycles. The summed E-state index contributed by atoms with van der Waals surface area (Å²) in [5.74, 6) is 0. The number of rotatable bonds is 3. The zero-order chi connectivity index (χ0) is 8.15. The summed E-state index contributed by atoms with van der Waals surface area (Å²) in [6.07, 6.45) is 3.02. The standard InChI is InChI=1S/C9H16N/c1-6-8(2)7-9(3)10(4)5/h6H,3-4,7H2,1-2,5H3/q+1/b8-6-. The van der Waals surface area contributed by atoms with Gasteiger partial charge in [-0.05, 0) is 20.4 Å². The highest BCUT2D eigenvalue weighted by molar-refractivity contribution is 5.17. The lowest BCUT2D eigenvalue weighted by Crippen LogP contribution is -2.00. The van der Waals surface area contributed by atoms with Crippen molar-refractivity contribution in [2.24, 2.45) is 0 Å². The van der Waals surface area contributed by atoms with Crippen LogP contribution in [0.3, 0.4) is 0 Å². The Morgan fingerprint density at radius 3 is 2.40 bits per heavy atom. The Hall–Kier alpha value is -0.850. The lowest BCUT2D eigenvalue weighted by Gasteiger charge is -1.98. The van der Waals surface area contributed by atoms with Gasteiger partial charge in [-0.3, -0.25) is 0 Å². The molecule has 0 unspecified atom stereocenters. The summed E-state index contributed by atoms with van der Waals surface area (Å²) >= 11 is 0. The lowest BCUT2D eigenvalue weighted by molar-refractivity contribution is -0.435. The maximum atomic E-state index is 3.86. The first kappa shape index (κ1) is 9.15. The predicted molar refractivity (Wildman–Crippen MR) is 46.5 cm³/mol. The summed E-state index contributed by atoms with van der Waals surface area (Å²) in [4.78, 5) is 0. The Balaban J connectivity index is 3.93. The van der Waals surface area contributed by atoms with Gasteiger partial charge in [0.25, 0.3) is 0 Å². The smallest absolute Gasteiger partial charge is 0.177 e. The lowest BCUT2D eigenvalue weighted by atomic mass is 10.2. The van der Waals surface area contributed by atoms with Crippen LogP contribution in [0.5, 0.6) is 0 Å². The molecule has 0 aromatic carbocycles. The first-order valence-electron chi connectivity index (χ1n) is 3.41. The van der Waals surface area contributed by atoms with Crippen molar-refractivity contribution in [1.29, 1.82) is 0 Å². The Kier molecular flexibility index (Phi) is 3.70. The van der Waals surface area contributed by atoms with Crippen molar-refractivity contribution in [3.8, 4) is 0 Å². The van der Waals surface area contributed by atoms with Gasteiger partial charge in [-0.15, -0.1) is 0 Å². The van der Waals surface area contributed by atoms with Crippen LogP contribution in [-0.4, -0.2) is 18.3 Å². The van der Waals surface area contributed by atoms with E-state index in [-0.39, 0.29) is 0 Å². The fraction of sp³-hybridized carbons (Fsp3) is 0.444. The molecule has 0 aromatic heterocycles. The van der Waals surface area contributed by atoms with Crippen molar-refractivity contribution in [3.63, 3.8) is 0 Å². The van der Waals surface area contributed by atoms with Gasteiger partial charge in [0.2, 0.25) is 0 Å². The van der Waals surface area contributed by atoms with Crippen LogP contribution >= 0.6 is 0 Å². The average Bonchev–Trinajstić information content (AvgIpc) is 1.87. The number of allylic oxidation sites excluding steroid dienone is 2. The van der Waals surface area contributed by atoms with E-state index >= 15 is 0 Å². The van der Waals surface area contributed by atoms with Crippen LogP contribution < -0.4 is 0 Å².